The third-order valence-electron chi connectivity index (χ3n) is 3.66. The van der Waals surface area contributed by atoms with Gasteiger partial charge < -0.3 is 21.5 Å². The van der Waals surface area contributed by atoms with Gasteiger partial charge in [0.15, 0.2) is 0 Å². The van der Waals surface area contributed by atoms with E-state index in [-0.39, 0.29) is 29.3 Å². The van der Waals surface area contributed by atoms with Crippen LogP contribution in [0, 0.1) is 5.92 Å². The highest BCUT2D eigenvalue weighted by Gasteiger charge is 2.25. The van der Waals surface area contributed by atoms with Gasteiger partial charge in [0.2, 0.25) is 11.8 Å². The van der Waals surface area contributed by atoms with Crippen molar-refractivity contribution in [2.45, 2.75) is 31.7 Å². The maximum atomic E-state index is 12.2. The summed E-state index contributed by atoms with van der Waals surface area (Å²) in [7, 11) is 1.40. The number of hydrogen-bond acceptors (Lipinski definition) is 5. The molecule has 2 atom stereocenters. The molecular weight excluding hydrogens is 272 g/mol. The van der Waals surface area contributed by atoms with Crippen LogP contribution in [0.5, 0.6) is 5.88 Å². The van der Waals surface area contributed by atoms with Gasteiger partial charge in [-0.15, -0.1) is 0 Å². The van der Waals surface area contributed by atoms with Crippen molar-refractivity contribution < 1.29 is 14.3 Å². The molecule has 0 spiro atoms. The minimum absolute atomic E-state index is 0.0738. The first-order chi connectivity index (χ1) is 10.0. The Kier molecular flexibility index (Phi) is 4.74. The summed E-state index contributed by atoms with van der Waals surface area (Å²) < 4.78 is 4.96. The summed E-state index contributed by atoms with van der Waals surface area (Å²) in [6, 6.07) is 1.54. The Labute approximate surface area is 123 Å². The molecule has 0 aromatic carbocycles. The Morgan fingerprint density at radius 2 is 2.19 bits per heavy atom. The highest BCUT2D eigenvalue weighted by atomic mass is 16.5. The van der Waals surface area contributed by atoms with Gasteiger partial charge in [0, 0.05) is 12.0 Å². The van der Waals surface area contributed by atoms with Gasteiger partial charge in [-0.25, -0.2) is 4.98 Å². The van der Waals surface area contributed by atoms with Crippen molar-refractivity contribution in [3.63, 3.8) is 0 Å². The molecule has 0 bridgehead atoms. The number of carbonyl (C=O) groups excluding carboxylic acids is 2. The number of primary amides is 1. The maximum absolute atomic E-state index is 12.2. The largest absolute Gasteiger partial charge is 0.480 e. The van der Waals surface area contributed by atoms with Crippen LogP contribution in [0.15, 0.2) is 12.3 Å². The summed E-state index contributed by atoms with van der Waals surface area (Å²) >= 11 is 0. The van der Waals surface area contributed by atoms with Crippen molar-refractivity contribution >= 4 is 17.5 Å². The minimum Gasteiger partial charge on any atom is -0.480 e. The molecule has 1 aromatic rings. The van der Waals surface area contributed by atoms with Crippen LogP contribution in [-0.4, -0.2) is 29.9 Å². The Hall–Kier alpha value is -2.15. The first kappa shape index (κ1) is 15.2. The number of hydrogen-bond donors (Lipinski definition) is 3. The van der Waals surface area contributed by atoms with Crippen molar-refractivity contribution in [1.82, 2.24) is 4.98 Å². The fourth-order valence-corrected chi connectivity index (χ4v) is 2.57. The molecule has 1 aliphatic carbocycles. The Bertz CT molecular complexity index is 547. The van der Waals surface area contributed by atoms with Crippen molar-refractivity contribution in [3.05, 3.63) is 17.8 Å². The number of methoxy groups -OCH3 is 1. The SMILES string of the molecule is COc1ncc(NC(=O)C2CCCC(N)C2)cc1C(N)=O. The Morgan fingerprint density at radius 1 is 1.43 bits per heavy atom. The van der Waals surface area contributed by atoms with Gasteiger partial charge in [-0.3, -0.25) is 9.59 Å². The first-order valence-electron chi connectivity index (χ1n) is 6.91. The lowest BCUT2D eigenvalue weighted by Gasteiger charge is -2.25. The van der Waals surface area contributed by atoms with E-state index in [1.165, 1.54) is 19.4 Å². The number of ether oxygens (including phenoxy) is 1. The molecule has 1 aliphatic rings. The van der Waals surface area contributed by atoms with Crippen LogP contribution in [0.1, 0.15) is 36.0 Å². The van der Waals surface area contributed by atoms with E-state index in [1.54, 1.807) is 0 Å². The van der Waals surface area contributed by atoms with Crippen LogP contribution >= 0.6 is 0 Å². The second-order valence-corrected chi connectivity index (χ2v) is 5.26. The van der Waals surface area contributed by atoms with Crippen LogP contribution in [0.4, 0.5) is 5.69 Å². The summed E-state index contributed by atoms with van der Waals surface area (Å²) in [5.74, 6) is -0.726. The van der Waals surface area contributed by atoms with E-state index in [9.17, 15) is 9.59 Å². The van der Waals surface area contributed by atoms with Gasteiger partial charge in [0.25, 0.3) is 5.91 Å². The lowest BCUT2D eigenvalue weighted by molar-refractivity contribution is -0.120. The van der Waals surface area contributed by atoms with Gasteiger partial charge >= 0.3 is 0 Å². The van der Waals surface area contributed by atoms with E-state index in [1.807, 2.05) is 0 Å². The zero-order valence-electron chi connectivity index (χ0n) is 12.0. The number of amides is 2. The average molecular weight is 292 g/mol. The Morgan fingerprint density at radius 3 is 2.81 bits per heavy atom. The van der Waals surface area contributed by atoms with E-state index in [0.717, 1.165) is 19.3 Å². The van der Waals surface area contributed by atoms with E-state index < -0.39 is 5.91 Å². The minimum atomic E-state index is -0.657. The number of nitrogens with one attached hydrogen (secondary N) is 1. The first-order valence-corrected chi connectivity index (χ1v) is 6.91. The summed E-state index contributed by atoms with van der Waals surface area (Å²) in [5.41, 5.74) is 11.7. The van der Waals surface area contributed by atoms with E-state index in [0.29, 0.717) is 12.1 Å². The van der Waals surface area contributed by atoms with Gasteiger partial charge in [0.1, 0.15) is 5.56 Å². The second kappa shape index (κ2) is 6.53. The van der Waals surface area contributed by atoms with Crippen LogP contribution in [0.25, 0.3) is 0 Å². The van der Waals surface area contributed by atoms with Crippen LogP contribution in [0.2, 0.25) is 0 Å². The molecule has 21 heavy (non-hydrogen) atoms. The molecule has 5 N–H and O–H groups in total. The Balaban J connectivity index is 2.10. The normalized spacial score (nSPS) is 21.6. The predicted molar refractivity (Wildman–Crippen MR) is 77.9 cm³/mol. The second-order valence-electron chi connectivity index (χ2n) is 5.26. The number of pyridine rings is 1. The molecule has 7 heteroatoms. The molecule has 0 saturated heterocycles. The number of nitrogens with two attached hydrogens (primary N) is 2. The smallest absolute Gasteiger partial charge is 0.254 e. The number of aromatic nitrogens is 1. The molecule has 1 aromatic heterocycles. The van der Waals surface area contributed by atoms with Crippen molar-refractivity contribution in [3.8, 4) is 5.88 Å². The van der Waals surface area contributed by atoms with Crippen LogP contribution < -0.4 is 21.5 Å². The van der Waals surface area contributed by atoms with Gasteiger partial charge in [-0.2, -0.15) is 0 Å². The summed E-state index contributed by atoms with van der Waals surface area (Å²) in [6.45, 7) is 0. The third kappa shape index (κ3) is 3.69. The van der Waals surface area contributed by atoms with E-state index in [4.69, 9.17) is 16.2 Å². The molecular formula is C14H20N4O3. The van der Waals surface area contributed by atoms with Crippen molar-refractivity contribution in [1.29, 1.82) is 0 Å². The molecule has 7 nitrogen and oxygen atoms in total. The van der Waals surface area contributed by atoms with E-state index >= 15 is 0 Å². The topological polar surface area (TPSA) is 120 Å². The number of rotatable bonds is 4. The summed E-state index contributed by atoms with van der Waals surface area (Å²) in [6.07, 6.45) is 4.85. The average Bonchev–Trinajstić information content (AvgIpc) is 2.47. The molecule has 0 radical (unpaired) electrons. The van der Waals surface area contributed by atoms with Gasteiger partial charge in [-0.1, -0.05) is 6.42 Å². The zero-order valence-corrected chi connectivity index (χ0v) is 12.0. The highest BCUT2D eigenvalue weighted by molar-refractivity contribution is 5.98. The molecule has 0 aliphatic heterocycles. The van der Waals surface area contributed by atoms with E-state index in [2.05, 4.69) is 10.3 Å². The quantitative estimate of drug-likeness (QED) is 0.752. The lowest BCUT2D eigenvalue weighted by atomic mass is 9.85. The van der Waals surface area contributed by atoms with Crippen molar-refractivity contribution in [2.24, 2.45) is 17.4 Å². The van der Waals surface area contributed by atoms with Crippen LogP contribution in [-0.2, 0) is 4.79 Å². The monoisotopic (exact) mass is 292 g/mol. The third-order valence-corrected chi connectivity index (χ3v) is 3.66. The fourth-order valence-electron chi connectivity index (χ4n) is 2.57. The molecule has 1 saturated carbocycles. The zero-order chi connectivity index (χ0) is 15.4. The maximum Gasteiger partial charge on any atom is 0.254 e. The molecule has 2 amide bonds. The molecule has 1 fully saturated rings. The molecule has 2 rings (SSSR count). The number of anilines is 1. The molecule has 114 valence electrons. The highest BCUT2D eigenvalue weighted by Crippen LogP contribution is 2.25. The predicted octanol–water partition coefficient (Wildman–Crippen LogP) is 0.645. The standard InChI is InChI=1S/C14H20N4O3/c1-21-14-11(12(16)19)6-10(7-17-14)18-13(20)8-3-2-4-9(15)5-8/h6-9H,2-5,15H2,1H3,(H2,16,19)(H,18,20). The number of nitrogens with zero attached hydrogens (tertiary/aromatic N) is 1. The summed E-state index contributed by atoms with van der Waals surface area (Å²) in [4.78, 5) is 27.5. The van der Waals surface area contributed by atoms with Crippen LogP contribution in [0.3, 0.4) is 0 Å². The fraction of sp³-hybridized carbons (Fsp3) is 0.500. The molecule has 2 unspecified atom stereocenters. The summed E-state index contributed by atoms with van der Waals surface area (Å²) in [5, 5.41) is 2.76. The van der Waals surface area contributed by atoms with Gasteiger partial charge in [-0.05, 0) is 25.3 Å². The number of carbonyl (C=O) groups is 2. The van der Waals surface area contributed by atoms with Gasteiger partial charge in [0.05, 0.1) is 19.0 Å². The van der Waals surface area contributed by atoms with Crippen molar-refractivity contribution in [2.75, 3.05) is 12.4 Å². The lowest BCUT2D eigenvalue weighted by Crippen LogP contribution is -2.34. The molecule has 1 heterocycles.